The van der Waals surface area contributed by atoms with E-state index in [4.69, 9.17) is 0 Å². The number of fused-ring (bicyclic) bond motifs is 6. The van der Waals surface area contributed by atoms with E-state index in [0.717, 1.165) is 18.5 Å². The van der Waals surface area contributed by atoms with Crippen LogP contribution in [0.2, 0.25) is 0 Å². The monoisotopic (exact) mass is 759 g/mol. The highest BCUT2D eigenvalue weighted by Crippen LogP contribution is 2.56. The van der Waals surface area contributed by atoms with Crippen LogP contribution in [-0.2, 0) is 11.8 Å². The van der Waals surface area contributed by atoms with Gasteiger partial charge in [-0.05, 0) is 98.5 Å². The molecule has 0 amide bonds. The summed E-state index contributed by atoms with van der Waals surface area (Å²) in [6.07, 6.45) is 16.1. The van der Waals surface area contributed by atoms with Gasteiger partial charge in [0.05, 0.1) is 5.41 Å². The summed E-state index contributed by atoms with van der Waals surface area (Å²) in [4.78, 5) is 3.85. The van der Waals surface area contributed by atoms with E-state index in [9.17, 15) is 0 Å². The molecule has 0 bridgehead atoms. The van der Waals surface area contributed by atoms with Gasteiger partial charge in [-0.1, -0.05) is 182 Å². The fourth-order valence-corrected chi connectivity index (χ4v) is 10.8. The molecule has 3 aliphatic rings. The maximum absolute atomic E-state index is 2.49. The Bertz CT molecular complexity index is 2880. The molecule has 0 fully saturated rings. The highest BCUT2D eigenvalue weighted by molar-refractivity contribution is 7.19. The maximum atomic E-state index is 2.49. The highest BCUT2D eigenvalue weighted by atomic mass is 32.1. The third-order valence-electron chi connectivity index (χ3n) is 12.3. The van der Waals surface area contributed by atoms with Crippen molar-refractivity contribution in [3.05, 3.63) is 262 Å². The summed E-state index contributed by atoms with van der Waals surface area (Å²) in [5.74, 6) is 0.366. The molecule has 1 nitrogen and oxygen atoms in total. The zero-order valence-electron chi connectivity index (χ0n) is 32.1. The second-order valence-electron chi connectivity index (χ2n) is 15.5. The molecular weight excluding hydrogens is 719 g/mol. The molecule has 0 saturated heterocycles. The van der Waals surface area contributed by atoms with Crippen LogP contribution >= 0.6 is 11.3 Å². The van der Waals surface area contributed by atoms with E-state index in [1.807, 2.05) is 11.3 Å². The first-order valence-corrected chi connectivity index (χ1v) is 21.2. The van der Waals surface area contributed by atoms with Crippen molar-refractivity contribution in [1.29, 1.82) is 0 Å². The summed E-state index contributed by atoms with van der Waals surface area (Å²) in [6, 6.07) is 67.0. The van der Waals surface area contributed by atoms with Crippen molar-refractivity contribution in [2.75, 3.05) is 4.90 Å². The van der Waals surface area contributed by atoms with E-state index in [1.54, 1.807) is 0 Å². The summed E-state index contributed by atoms with van der Waals surface area (Å²) in [5.41, 5.74) is 16.2. The Hall–Kier alpha value is -6.74. The predicted molar refractivity (Wildman–Crippen MR) is 245 cm³/mol. The van der Waals surface area contributed by atoms with Gasteiger partial charge in [-0.2, -0.15) is 0 Å². The van der Waals surface area contributed by atoms with Gasteiger partial charge in [0.2, 0.25) is 0 Å². The first kappa shape index (κ1) is 34.5. The van der Waals surface area contributed by atoms with Gasteiger partial charge in [0.25, 0.3) is 0 Å². The number of benzene rings is 7. The Kier molecular flexibility index (Phi) is 8.52. The summed E-state index contributed by atoms with van der Waals surface area (Å²) in [5, 5.41) is 1.31. The average molecular weight is 760 g/mol. The van der Waals surface area contributed by atoms with Gasteiger partial charge >= 0.3 is 0 Å². The van der Waals surface area contributed by atoms with Crippen LogP contribution in [0.15, 0.2) is 224 Å². The van der Waals surface area contributed by atoms with Gasteiger partial charge < -0.3 is 4.90 Å². The molecule has 0 N–H and O–H groups in total. The Morgan fingerprint density at radius 3 is 1.88 bits per heavy atom. The fourth-order valence-electron chi connectivity index (χ4n) is 9.65. The molecule has 58 heavy (non-hydrogen) atoms. The van der Waals surface area contributed by atoms with Crippen LogP contribution in [0.1, 0.15) is 50.6 Å². The molecule has 0 saturated carbocycles. The molecule has 1 heterocycles. The third-order valence-corrected chi connectivity index (χ3v) is 13.5. The van der Waals surface area contributed by atoms with Crippen molar-refractivity contribution in [3.8, 4) is 22.3 Å². The van der Waals surface area contributed by atoms with Gasteiger partial charge in [-0.15, -0.1) is 11.3 Å². The van der Waals surface area contributed by atoms with Crippen LogP contribution in [0.4, 0.5) is 5.69 Å². The number of anilines is 1. The molecule has 0 aliphatic heterocycles. The van der Waals surface area contributed by atoms with Gasteiger partial charge in [-0.3, -0.25) is 0 Å². The molecule has 2 heteroatoms. The van der Waals surface area contributed by atoms with Crippen LogP contribution < -0.4 is 4.90 Å². The summed E-state index contributed by atoms with van der Waals surface area (Å²) in [7, 11) is 0. The van der Waals surface area contributed by atoms with Crippen molar-refractivity contribution in [3.63, 3.8) is 0 Å². The topological polar surface area (TPSA) is 3.24 Å². The second kappa shape index (κ2) is 14.3. The van der Waals surface area contributed by atoms with Crippen LogP contribution in [-0.4, -0.2) is 0 Å². The van der Waals surface area contributed by atoms with Crippen molar-refractivity contribution < 1.29 is 0 Å². The van der Waals surface area contributed by atoms with Gasteiger partial charge in [0.1, 0.15) is 0 Å². The normalized spacial score (nSPS) is 16.2. The van der Waals surface area contributed by atoms with Crippen molar-refractivity contribution in [2.24, 2.45) is 0 Å². The third kappa shape index (κ3) is 5.67. The maximum Gasteiger partial charge on any atom is 0.0714 e. The van der Waals surface area contributed by atoms with Crippen LogP contribution in [0.5, 0.6) is 0 Å². The lowest BCUT2D eigenvalue weighted by atomic mass is 9.67. The Morgan fingerprint density at radius 1 is 0.552 bits per heavy atom. The first-order chi connectivity index (χ1) is 28.8. The Balaban J connectivity index is 1.04. The van der Waals surface area contributed by atoms with E-state index in [2.05, 4.69) is 223 Å². The highest BCUT2D eigenvalue weighted by Gasteiger charge is 2.46. The molecular formula is C56H41NS. The number of nitrogens with zero attached hydrogens (tertiary/aromatic N) is 1. The minimum atomic E-state index is -0.412. The minimum absolute atomic E-state index is 0.366. The van der Waals surface area contributed by atoms with E-state index in [0.29, 0.717) is 5.92 Å². The molecule has 276 valence electrons. The molecule has 1 atom stereocenters. The lowest BCUT2D eigenvalue weighted by Crippen LogP contribution is -2.28. The molecule has 11 rings (SSSR count). The largest absolute Gasteiger partial charge is 0.311 e. The van der Waals surface area contributed by atoms with E-state index in [1.165, 1.54) is 82.0 Å². The second-order valence-corrected chi connectivity index (χ2v) is 16.7. The molecule has 1 aromatic heterocycles. The van der Waals surface area contributed by atoms with E-state index in [-0.39, 0.29) is 0 Å². The molecule has 0 spiro atoms. The van der Waals surface area contributed by atoms with Gasteiger partial charge in [0.15, 0.2) is 0 Å². The molecule has 1 unspecified atom stereocenters. The van der Waals surface area contributed by atoms with Crippen LogP contribution in [0.3, 0.4) is 0 Å². The van der Waals surface area contributed by atoms with Crippen molar-refractivity contribution in [1.82, 2.24) is 0 Å². The number of allylic oxidation sites excluding steroid dienone is 5. The van der Waals surface area contributed by atoms with Crippen LogP contribution in [0.25, 0.3) is 38.4 Å². The SMILES string of the molecule is C1=CC(N(C2=CCC(c3ccccc3)C=C2)c2ccc(-c3ccccc3)cc2)=Cc2c(sc3cc(C4(c5ccccc5)c5ccccc5-c5ccccc54)ccc23)C1. The fraction of sp³-hybridized carbons (Fsp3) is 0.0714. The molecule has 0 radical (unpaired) electrons. The Labute approximate surface area is 344 Å². The molecule has 7 aromatic carbocycles. The lowest BCUT2D eigenvalue weighted by molar-refractivity contribution is 0.770. The van der Waals surface area contributed by atoms with Gasteiger partial charge in [-0.25, -0.2) is 0 Å². The number of thiophene rings is 1. The van der Waals surface area contributed by atoms with E-state index >= 15 is 0 Å². The number of hydrogen-bond acceptors (Lipinski definition) is 2. The summed E-state index contributed by atoms with van der Waals surface area (Å²) >= 11 is 1.94. The summed E-state index contributed by atoms with van der Waals surface area (Å²) in [6.45, 7) is 0. The number of rotatable bonds is 7. The molecule has 8 aromatic rings. The quantitative estimate of drug-likeness (QED) is 0.156. The zero-order valence-corrected chi connectivity index (χ0v) is 32.9. The van der Waals surface area contributed by atoms with E-state index < -0.39 is 5.41 Å². The smallest absolute Gasteiger partial charge is 0.0714 e. The molecule has 3 aliphatic carbocycles. The standard InChI is InChI=1S/C56H41NS/c1-4-15-39(16-5-1)41-27-32-45(33-28-41)57(46-34-29-42(30-35-46)40-17-6-2-7-18-40)47-21-14-26-54-51(38-47)50-36-31-44(37-55(50)58-54)56(43-19-8-3-9-20-43)52-24-12-10-22-48(52)49-23-11-13-25-53(49)56/h1-25,27-29,31-38,42H,26,30H2. The predicted octanol–water partition coefficient (Wildman–Crippen LogP) is 14.5. The zero-order chi connectivity index (χ0) is 38.5. The van der Waals surface area contributed by atoms with Crippen LogP contribution in [0, 0.1) is 0 Å². The number of hydrogen-bond donors (Lipinski definition) is 0. The summed E-state index contributed by atoms with van der Waals surface area (Å²) < 4.78 is 1.33. The minimum Gasteiger partial charge on any atom is -0.311 e. The lowest BCUT2D eigenvalue weighted by Gasteiger charge is -2.34. The van der Waals surface area contributed by atoms with Crippen molar-refractivity contribution >= 4 is 33.2 Å². The first-order valence-electron chi connectivity index (χ1n) is 20.3. The average Bonchev–Trinajstić information content (AvgIpc) is 3.71. The van der Waals surface area contributed by atoms with Gasteiger partial charge in [0, 0.05) is 44.4 Å². The van der Waals surface area contributed by atoms with Crippen molar-refractivity contribution in [2.45, 2.75) is 24.2 Å². The Morgan fingerprint density at radius 2 is 1.19 bits per heavy atom.